The van der Waals surface area contributed by atoms with Crippen molar-refractivity contribution in [1.82, 2.24) is 4.98 Å². The molecule has 0 bridgehead atoms. The number of sulfonamides is 1. The molecule has 100 valence electrons. The molecular formula is C11H7BrCl2N2O2S. The van der Waals surface area contributed by atoms with E-state index in [0.29, 0.717) is 15.2 Å². The highest BCUT2D eigenvalue weighted by molar-refractivity contribution is 9.10. The second-order valence-corrected chi connectivity index (χ2v) is 6.82. The van der Waals surface area contributed by atoms with Crippen molar-refractivity contribution in [2.24, 2.45) is 0 Å². The van der Waals surface area contributed by atoms with Gasteiger partial charge < -0.3 is 0 Å². The lowest BCUT2D eigenvalue weighted by Crippen LogP contribution is -2.14. The summed E-state index contributed by atoms with van der Waals surface area (Å²) in [6.07, 6.45) is 1.42. The van der Waals surface area contributed by atoms with Gasteiger partial charge in [0.1, 0.15) is 10.0 Å². The van der Waals surface area contributed by atoms with Crippen molar-refractivity contribution in [3.8, 4) is 0 Å². The Morgan fingerprint density at radius 1 is 1.21 bits per heavy atom. The zero-order chi connectivity index (χ0) is 14.0. The average molecular weight is 382 g/mol. The third kappa shape index (κ3) is 3.39. The fourth-order valence-electron chi connectivity index (χ4n) is 1.34. The minimum Gasteiger partial charge on any atom is -0.278 e. The lowest BCUT2D eigenvalue weighted by atomic mass is 10.3. The molecule has 0 saturated carbocycles. The van der Waals surface area contributed by atoms with Crippen molar-refractivity contribution >= 4 is 54.8 Å². The van der Waals surface area contributed by atoms with Gasteiger partial charge in [-0.3, -0.25) is 4.72 Å². The molecule has 0 aliphatic heterocycles. The highest BCUT2D eigenvalue weighted by atomic mass is 79.9. The predicted molar refractivity (Wildman–Crippen MR) is 79.2 cm³/mol. The number of hydrogen-bond acceptors (Lipinski definition) is 3. The van der Waals surface area contributed by atoms with Gasteiger partial charge in [-0.2, -0.15) is 0 Å². The van der Waals surface area contributed by atoms with Crippen LogP contribution in [0, 0.1) is 0 Å². The van der Waals surface area contributed by atoms with E-state index in [1.54, 1.807) is 18.2 Å². The van der Waals surface area contributed by atoms with Crippen molar-refractivity contribution in [3.05, 3.63) is 51.2 Å². The second-order valence-electron chi connectivity index (χ2n) is 3.52. The Morgan fingerprint density at radius 2 is 1.95 bits per heavy atom. The lowest BCUT2D eigenvalue weighted by Gasteiger charge is -2.10. The van der Waals surface area contributed by atoms with Crippen molar-refractivity contribution in [2.75, 3.05) is 4.72 Å². The van der Waals surface area contributed by atoms with E-state index in [-0.39, 0.29) is 10.0 Å². The number of hydrogen-bond donors (Lipinski definition) is 1. The molecule has 2 rings (SSSR count). The number of anilines is 1. The van der Waals surface area contributed by atoms with Crippen LogP contribution in [-0.4, -0.2) is 13.4 Å². The summed E-state index contributed by atoms with van der Waals surface area (Å²) in [5.74, 6) is 0. The van der Waals surface area contributed by atoms with Crippen LogP contribution >= 0.6 is 39.1 Å². The monoisotopic (exact) mass is 380 g/mol. The first kappa shape index (κ1) is 14.6. The van der Waals surface area contributed by atoms with Crippen LogP contribution in [0.4, 0.5) is 5.69 Å². The highest BCUT2D eigenvalue weighted by Crippen LogP contribution is 2.29. The van der Waals surface area contributed by atoms with Crippen LogP contribution in [0.3, 0.4) is 0 Å². The summed E-state index contributed by atoms with van der Waals surface area (Å²) in [4.78, 5) is 3.65. The molecule has 2 aromatic rings. The Hall–Kier alpha value is -0.820. The average Bonchev–Trinajstić information content (AvgIpc) is 2.33. The maximum atomic E-state index is 12.2. The van der Waals surface area contributed by atoms with E-state index in [0.717, 1.165) is 0 Å². The normalized spacial score (nSPS) is 11.3. The molecule has 1 aromatic heterocycles. The minimum atomic E-state index is -3.80. The van der Waals surface area contributed by atoms with Crippen LogP contribution in [0.1, 0.15) is 0 Å². The van der Waals surface area contributed by atoms with E-state index in [9.17, 15) is 8.42 Å². The minimum absolute atomic E-state index is 0.0833. The quantitative estimate of drug-likeness (QED) is 0.818. The van der Waals surface area contributed by atoms with Gasteiger partial charge in [-0.15, -0.1) is 0 Å². The predicted octanol–water partition coefficient (Wildman–Crippen LogP) is 3.95. The molecule has 1 heterocycles. The molecule has 0 fully saturated rings. The summed E-state index contributed by atoms with van der Waals surface area (Å²) in [7, 11) is -3.80. The lowest BCUT2D eigenvalue weighted by molar-refractivity contribution is 0.601. The van der Waals surface area contributed by atoms with E-state index in [2.05, 4.69) is 25.6 Å². The van der Waals surface area contributed by atoms with Crippen molar-refractivity contribution in [2.45, 2.75) is 4.90 Å². The highest BCUT2D eigenvalue weighted by Gasteiger charge is 2.19. The van der Waals surface area contributed by atoms with Gasteiger partial charge in [0, 0.05) is 15.7 Å². The van der Waals surface area contributed by atoms with Gasteiger partial charge in [0.25, 0.3) is 10.0 Å². The second kappa shape index (κ2) is 5.66. The molecular weight excluding hydrogens is 375 g/mol. The number of pyridine rings is 1. The van der Waals surface area contributed by atoms with Gasteiger partial charge in [-0.25, -0.2) is 13.4 Å². The van der Waals surface area contributed by atoms with Crippen LogP contribution in [-0.2, 0) is 10.0 Å². The largest absolute Gasteiger partial charge is 0.278 e. The van der Waals surface area contributed by atoms with Crippen LogP contribution in [0.25, 0.3) is 0 Å². The van der Waals surface area contributed by atoms with E-state index in [4.69, 9.17) is 23.2 Å². The fourth-order valence-corrected chi connectivity index (χ4v) is 3.79. The summed E-state index contributed by atoms with van der Waals surface area (Å²) in [6.45, 7) is 0. The maximum absolute atomic E-state index is 12.2. The number of benzene rings is 1. The van der Waals surface area contributed by atoms with Gasteiger partial charge in [0.05, 0.1) is 5.69 Å². The van der Waals surface area contributed by atoms with Gasteiger partial charge in [0.2, 0.25) is 0 Å². The molecule has 0 radical (unpaired) electrons. The van der Waals surface area contributed by atoms with Gasteiger partial charge >= 0.3 is 0 Å². The van der Waals surface area contributed by atoms with Crippen LogP contribution < -0.4 is 4.72 Å². The number of nitrogens with one attached hydrogen (secondary N) is 1. The first-order chi connectivity index (χ1) is 8.90. The summed E-state index contributed by atoms with van der Waals surface area (Å²) >= 11 is 14.8. The molecule has 0 saturated heterocycles. The van der Waals surface area contributed by atoms with Crippen LogP contribution in [0.5, 0.6) is 0 Å². The van der Waals surface area contributed by atoms with E-state index in [1.165, 1.54) is 18.3 Å². The Morgan fingerprint density at radius 3 is 2.58 bits per heavy atom. The fraction of sp³-hybridized carbons (Fsp3) is 0. The van der Waals surface area contributed by atoms with Gasteiger partial charge in [-0.05, 0) is 46.3 Å². The Balaban J connectivity index is 2.40. The topological polar surface area (TPSA) is 59.1 Å². The number of rotatable bonds is 3. The molecule has 1 aromatic carbocycles. The molecule has 4 nitrogen and oxygen atoms in total. The van der Waals surface area contributed by atoms with Gasteiger partial charge in [-0.1, -0.05) is 23.2 Å². The third-order valence-electron chi connectivity index (χ3n) is 2.19. The molecule has 0 aliphatic carbocycles. The molecule has 0 aliphatic rings. The molecule has 1 N–H and O–H groups in total. The number of halogens is 3. The molecule has 8 heteroatoms. The first-order valence-corrected chi connectivity index (χ1v) is 8.02. The Bertz CT molecular complexity index is 722. The van der Waals surface area contributed by atoms with Crippen molar-refractivity contribution in [3.63, 3.8) is 0 Å². The summed E-state index contributed by atoms with van der Waals surface area (Å²) in [5, 5.41) is 0.411. The van der Waals surface area contributed by atoms with Crippen LogP contribution in [0.2, 0.25) is 10.2 Å². The first-order valence-electron chi connectivity index (χ1n) is 4.98. The molecule has 19 heavy (non-hydrogen) atoms. The zero-order valence-electron chi connectivity index (χ0n) is 9.27. The van der Waals surface area contributed by atoms with E-state index >= 15 is 0 Å². The Labute approximate surface area is 128 Å². The molecule has 0 amide bonds. The number of nitrogens with zero attached hydrogens (tertiary/aromatic N) is 1. The smallest absolute Gasteiger partial charge is 0.265 e. The Kier molecular flexibility index (Phi) is 4.35. The van der Waals surface area contributed by atoms with Crippen molar-refractivity contribution in [1.29, 1.82) is 0 Å². The summed E-state index contributed by atoms with van der Waals surface area (Å²) in [6, 6.07) is 7.59. The van der Waals surface area contributed by atoms with Crippen molar-refractivity contribution < 1.29 is 8.42 Å². The molecule has 0 atom stereocenters. The number of aromatic nitrogens is 1. The summed E-state index contributed by atoms with van der Waals surface area (Å²) in [5.41, 5.74) is 0.365. The summed E-state index contributed by atoms with van der Waals surface area (Å²) < 4.78 is 27.3. The third-order valence-corrected chi connectivity index (χ3v) is 4.89. The molecule has 0 unspecified atom stereocenters. The van der Waals surface area contributed by atoms with E-state index in [1.807, 2.05) is 0 Å². The SMILES string of the molecule is O=S(=O)(Nc1ccc(Cl)cc1Br)c1cccnc1Cl. The maximum Gasteiger partial charge on any atom is 0.265 e. The van der Waals surface area contributed by atoms with E-state index < -0.39 is 10.0 Å². The van der Waals surface area contributed by atoms with Gasteiger partial charge in [0.15, 0.2) is 0 Å². The molecule has 0 spiro atoms. The zero-order valence-corrected chi connectivity index (χ0v) is 13.2. The van der Waals surface area contributed by atoms with Crippen LogP contribution in [0.15, 0.2) is 45.9 Å². The standard InChI is InChI=1S/C11H7BrCl2N2O2S/c12-8-6-7(13)3-4-9(8)16-19(17,18)10-2-1-5-15-11(10)14/h1-6,16H.